The molecule has 0 saturated carbocycles. The van der Waals surface area contributed by atoms with Crippen LogP contribution in [0.15, 0.2) is 59.4 Å². The molecular weight excluding hydrogens is 426 g/mol. The molecule has 1 aromatic heterocycles. The summed E-state index contributed by atoms with van der Waals surface area (Å²) in [7, 11) is 1.58. The molecule has 1 amide bonds. The van der Waals surface area contributed by atoms with Crippen LogP contribution in [-0.2, 0) is 9.53 Å². The van der Waals surface area contributed by atoms with Gasteiger partial charge in [0.1, 0.15) is 16.5 Å². The van der Waals surface area contributed by atoms with Crippen LogP contribution in [0.3, 0.4) is 0 Å². The van der Waals surface area contributed by atoms with Crippen LogP contribution < -0.4 is 19.5 Å². The van der Waals surface area contributed by atoms with E-state index in [-0.39, 0.29) is 11.1 Å². The van der Waals surface area contributed by atoms with Crippen molar-refractivity contribution in [2.45, 2.75) is 0 Å². The SMILES string of the molecule is COc1cccc(C=c2sc(=C(C#N)C(=O)N3CCOCC3)n(-c3ccccc3)c2=O)c1. The molecule has 4 rings (SSSR count). The number of thiazole rings is 1. The van der Waals surface area contributed by atoms with E-state index in [1.807, 2.05) is 48.5 Å². The molecule has 0 radical (unpaired) electrons. The molecular formula is C24H21N3O4S. The smallest absolute Gasteiger partial charge is 0.273 e. The molecule has 2 aromatic carbocycles. The van der Waals surface area contributed by atoms with Crippen molar-refractivity contribution in [2.24, 2.45) is 0 Å². The second-order valence-electron chi connectivity index (χ2n) is 7.06. The van der Waals surface area contributed by atoms with E-state index < -0.39 is 5.91 Å². The number of hydrogen-bond acceptors (Lipinski definition) is 6. The van der Waals surface area contributed by atoms with Gasteiger partial charge >= 0.3 is 0 Å². The molecule has 0 bridgehead atoms. The monoisotopic (exact) mass is 447 g/mol. The molecule has 7 nitrogen and oxygen atoms in total. The second-order valence-corrected chi connectivity index (χ2v) is 8.09. The van der Waals surface area contributed by atoms with Crippen molar-refractivity contribution in [1.29, 1.82) is 5.26 Å². The normalized spacial score (nSPS) is 15.2. The van der Waals surface area contributed by atoms with Gasteiger partial charge in [0.05, 0.1) is 30.5 Å². The lowest BCUT2D eigenvalue weighted by atomic mass is 10.2. The molecule has 0 N–H and O–H groups in total. The van der Waals surface area contributed by atoms with Crippen LogP contribution in [-0.4, -0.2) is 48.8 Å². The molecule has 0 atom stereocenters. The van der Waals surface area contributed by atoms with E-state index in [4.69, 9.17) is 9.47 Å². The van der Waals surface area contributed by atoms with Crippen LogP contribution in [0.5, 0.6) is 5.75 Å². The maximum atomic E-state index is 13.4. The third kappa shape index (κ3) is 4.35. The number of para-hydroxylation sites is 1. The maximum Gasteiger partial charge on any atom is 0.273 e. The minimum atomic E-state index is -0.394. The van der Waals surface area contributed by atoms with Gasteiger partial charge in [0, 0.05) is 13.1 Å². The van der Waals surface area contributed by atoms with Gasteiger partial charge in [-0.05, 0) is 35.9 Å². The van der Waals surface area contributed by atoms with Gasteiger partial charge in [-0.15, -0.1) is 11.3 Å². The Morgan fingerprint density at radius 1 is 1.16 bits per heavy atom. The number of methoxy groups -OCH3 is 1. The number of carbonyl (C=O) groups is 1. The number of aromatic nitrogens is 1. The third-order valence-corrected chi connectivity index (χ3v) is 6.16. The fourth-order valence-electron chi connectivity index (χ4n) is 3.46. The molecule has 32 heavy (non-hydrogen) atoms. The first kappa shape index (κ1) is 21.6. The van der Waals surface area contributed by atoms with Crippen molar-refractivity contribution in [2.75, 3.05) is 33.4 Å². The van der Waals surface area contributed by atoms with Crippen LogP contribution >= 0.6 is 11.3 Å². The number of carbonyl (C=O) groups excluding carboxylic acids is 1. The first-order valence-electron chi connectivity index (χ1n) is 10.1. The highest BCUT2D eigenvalue weighted by Crippen LogP contribution is 2.13. The molecule has 0 spiro atoms. The van der Waals surface area contributed by atoms with Crippen molar-refractivity contribution >= 4 is 28.9 Å². The zero-order valence-electron chi connectivity index (χ0n) is 17.5. The summed E-state index contributed by atoms with van der Waals surface area (Å²) in [6.45, 7) is 1.67. The van der Waals surface area contributed by atoms with E-state index in [2.05, 4.69) is 0 Å². The summed E-state index contributed by atoms with van der Waals surface area (Å²) in [6.07, 6.45) is 1.74. The van der Waals surface area contributed by atoms with Crippen molar-refractivity contribution in [3.63, 3.8) is 0 Å². The Hall–Kier alpha value is -3.67. The Morgan fingerprint density at radius 2 is 1.91 bits per heavy atom. The van der Waals surface area contributed by atoms with Crippen LogP contribution in [0.25, 0.3) is 17.3 Å². The number of ether oxygens (including phenoxy) is 2. The molecule has 2 heterocycles. The summed E-state index contributed by atoms with van der Waals surface area (Å²) in [5.74, 6) is 0.278. The highest BCUT2D eigenvalue weighted by atomic mass is 32.1. The van der Waals surface area contributed by atoms with Crippen LogP contribution in [0.1, 0.15) is 5.56 Å². The lowest BCUT2D eigenvalue weighted by Crippen LogP contribution is -2.42. The number of nitriles is 1. The molecule has 3 aromatic rings. The van der Waals surface area contributed by atoms with Gasteiger partial charge < -0.3 is 14.4 Å². The lowest BCUT2D eigenvalue weighted by molar-refractivity contribution is -0.128. The fourth-order valence-corrected chi connectivity index (χ4v) is 4.55. The minimum absolute atomic E-state index is 0.0526. The van der Waals surface area contributed by atoms with E-state index in [0.717, 1.165) is 16.9 Å². The molecule has 1 aliphatic rings. The Kier molecular flexibility index (Phi) is 6.50. The maximum absolute atomic E-state index is 13.4. The quantitative estimate of drug-likeness (QED) is 0.602. The number of morpholine rings is 1. The lowest BCUT2D eigenvalue weighted by Gasteiger charge is -2.26. The molecule has 1 aliphatic heterocycles. The fraction of sp³-hybridized carbons (Fsp3) is 0.208. The summed E-state index contributed by atoms with van der Waals surface area (Å²) in [5.41, 5.74) is 1.04. The number of nitrogens with zero attached hydrogens (tertiary/aromatic N) is 3. The zero-order chi connectivity index (χ0) is 22.5. The van der Waals surface area contributed by atoms with E-state index >= 15 is 0 Å². The van der Waals surface area contributed by atoms with Gasteiger partial charge in [-0.3, -0.25) is 14.2 Å². The van der Waals surface area contributed by atoms with Gasteiger partial charge in [-0.2, -0.15) is 5.26 Å². The highest BCUT2D eigenvalue weighted by molar-refractivity contribution is 7.07. The molecule has 8 heteroatoms. The summed E-state index contributed by atoms with van der Waals surface area (Å²) >= 11 is 1.13. The second kappa shape index (κ2) is 9.64. The van der Waals surface area contributed by atoms with Gasteiger partial charge in [-0.25, -0.2) is 0 Å². The van der Waals surface area contributed by atoms with Crippen LogP contribution in [0.4, 0.5) is 0 Å². The number of benzene rings is 2. The standard InChI is InChI=1S/C24H21N3O4S/c1-30-19-9-5-6-17(14-19)15-21-23(29)27(18-7-3-2-4-8-18)24(32-21)20(16-25)22(28)26-10-12-31-13-11-26/h2-9,14-15H,10-13H2,1H3. The predicted molar refractivity (Wildman–Crippen MR) is 122 cm³/mol. The number of amides is 1. The molecule has 0 aliphatic carbocycles. The van der Waals surface area contributed by atoms with Crippen molar-refractivity contribution in [3.05, 3.63) is 79.7 Å². The van der Waals surface area contributed by atoms with Crippen molar-refractivity contribution in [3.8, 4) is 17.5 Å². The van der Waals surface area contributed by atoms with E-state index in [1.165, 1.54) is 4.57 Å². The van der Waals surface area contributed by atoms with Gasteiger partial charge in [0.25, 0.3) is 11.5 Å². The average Bonchev–Trinajstić information content (AvgIpc) is 3.16. The largest absolute Gasteiger partial charge is 0.497 e. The van der Waals surface area contributed by atoms with E-state index in [0.29, 0.717) is 46.9 Å². The molecule has 1 fully saturated rings. The molecule has 0 unspecified atom stereocenters. The predicted octanol–water partition coefficient (Wildman–Crippen LogP) is 1.27. The summed E-state index contributed by atoms with van der Waals surface area (Å²) in [5, 5.41) is 9.91. The Morgan fingerprint density at radius 3 is 2.59 bits per heavy atom. The van der Waals surface area contributed by atoms with Gasteiger partial charge in [0.2, 0.25) is 0 Å². The van der Waals surface area contributed by atoms with E-state index in [9.17, 15) is 14.9 Å². The first-order valence-corrected chi connectivity index (χ1v) is 10.9. The van der Waals surface area contributed by atoms with Gasteiger partial charge in [-0.1, -0.05) is 30.3 Å². The molecule has 162 valence electrons. The van der Waals surface area contributed by atoms with Crippen LogP contribution in [0, 0.1) is 11.3 Å². The average molecular weight is 448 g/mol. The molecule has 1 saturated heterocycles. The Bertz CT molecular complexity index is 1350. The van der Waals surface area contributed by atoms with Crippen molar-refractivity contribution < 1.29 is 14.3 Å². The third-order valence-electron chi connectivity index (χ3n) is 5.07. The first-order chi connectivity index (χ1) is 15.6. The highest BCUT2D eigenvalue weighted by Gasteiger charge is 2.23. The van der Waals surface area contributed by atoms with Crippen molar-refractivity contribution in [1.82, 2.24) is 9.47 Å². The zero-order valence-corrected chi connectivity index (χ0v) is 18.3. The van der Waals surface area contributed by atoms with Gasteiger partial charge in [0.15, 0.2) is 5.57 Å². The number of hydrogen-bond donors (Lipinski definition) is 0. The topological polar surface area (TPSA) is 84.6 Å². The van der Waals surface area contributed by atoms with E-state index in [1.54, 1.807) is 30.2 Å². The Balaban J connectivity index is 1.97. The van der Waals surface area contributed by atoms with Crippen LogP contribution in [0.2, 0.25) is 0 Å². The number of rotatable bonds is 4. The Labute approximate surface area is 188 Å². The summed E-state index contributed by atoms with van der Waals surface area (Å²) in [6, 6.07) is 18.4. The minimum Gasteiger partial charge on any atom is -0.497 e. The summed E-state index contributed by atoms with van der Waals surface area (Å²) < 4.78 is 12.8. The summed E-state index contributed by atoms with van der Waals surface area (Å²) in [4.78, 5) is 28.2.